The molecule has 0 aliphatic carbocycles. The van der Waals surface area contributed by atoms with Crippen LogP contribution in [0.1, 0.15) is 49.9 Å². The van der Waals surface area contributed by atoms with Crippen molar-refractivity contribution in [3.8, 4) is 33.9 Å². The average molecular weight is 726 g/mol. The lowest BCUT2D eigenvalue weighted by Gasteiger charge is -2.43. The van der Waals surface area contributed by atoms with E-state index in [-0.39, 0.29) is 10.8 Å². The third-order valence-corrected chi connectivity index (χ3v) is 11.6. The first-order valence-corrected chi connectivity index (χ1v) is 19.0. The summed E-state index contributed by atoms with van der Waals surface area (Å²) in [6.45, 7) is 9.28. The number of para-hydroxylation sites is 4. The third-order valence-electron chi connectivity index (χ3n) is 11.6. The van der Waals surface area contributed by atoms with E-state index in [2.05, 4.69) is 186 Å². The fraction of sp³-hybridized carbons (Fsp3) is 0.122. The van der Waals surface area contributed by atoms with E-state index in [4.69, 9.17) is 9.97 Å². The maximum absolute atomic E-state index is 4.69. The Morgan fingerprint density at radius 1 is 0.375 bits per heavy atom. The Hall–Kier alpha value is -6.99. The van der Waals surface area contributed by atoms with Crippen LogP contribution in [0.15, 0.2) is 165 Å². The molecule has 4 heterocycles. The van der Waals surface area contributed by atoms with Gasteiger partial charge in [-0.05, 0) is 64.7 Å². The van der Waals surface area contributed by atoms with Crippen LogP contribution in [0.2, 0.25) is 0 Å². The number of rotatable bonds is 5. The summed E-state index contributed by atoms with van der Waals surface area (Å²) in [5.41, 5.74) is 15.2. The maximum atomic E-state index is 4.69. The number of hydrogen-bond donors (Lipinski definition) is 0. The molecule has 0 amide bonds. The summed E-state index contributed by atoms with van der Waals surface area (Å²) in [4.78, 5) is 27.5. The first-order chi connectivity index (χ1) is 27.3. The van der Waals surface area contributed by atoms with Crippen molar-refractivity contribution in [2.24, 2.45) is 0 Å². The third kappa shape index (κ3) is 5.15. The smallest absolute Gasteiger partial charge is 0.162 e. The molecule has 7 heteroatoms. The number of hydrogen-bond acceptors (Lipinski definition) is 7. The SMILES string of the molecule is CC1(C)c2ccccc2N(c2cc(-c3ncccn3)ccc2-c2ccc(-c3ncncn3)cc2N2c3ccccc3C(C)(C)c3ccccc32)c2ccccc21. The van der Waals surface area contributed by atoms with Crippen LogP contribution in [0.5, 0.6) is 0 Å². The lowest BCUT2D eigenvalue weighted by molar-refractivity contribution is 0.631. The Labute approximate surface area is 327 Å². The highest BCUT2D eigenvalue weighted by molar-refractivity contribution is 6.00. The number of fused-ring (bicyclic) bond motifs is 4. The van der Waals surface area contributed by atoms with Gasteiger partial charge in [0.15, 0.2) is 11.6 Å². The van der Waals surface area contributed by atoms with Crippen molar-refractivity contribution in [1.82, 2.24) is 24.9 Å². The van der Waals surface area contributed by atoms with Crippen LogP contribution in [0.25, 0.3) is 33.9 Å². The molecule has 0 unspecified atom stereocenters. The molecule has 0 fully saturated rings. The Kier molecular flexibility index (Phi) is 7.68. The van der Waals surface area contributed by atoms with Crippen LogP contribution in [0.4, 0.5) is 34.1 Å². The molecule has 0 saturated carbocycles. The molecule has 7 nitrogen and oxygen atoms in total. The molecular weight excluding hydrogens is 687 g/mol. The zero-order chi connectivity index (χ0) is 38.0. The highest BCUT2D eigenvalue weighted by Gasteiger charge is 2.39. The summed E-state index contributed by atoms with van der Waals surface area (Å²) >= 11 is 0. The van der Waals surface area contributed by atoms with E-state index in [1.807, 2.05) is 6.07 Å². The topological polar surface area (TPSA) is 70.9 Å². The van der Waals surface area contributed by atoms with Gasteiger partial charge in [0.05, 0.1) is 34.1 Å². The van der Waals surface area contributed by atoms with Crippen LogP contribution >= 0.6 is 0 Å². The molecule has 10 rings (SSSR count). The van der Waals surface area contributed by atoms with E-state index in [9.17, 15) is 0 Å². The maximum Gasteiger partial charge on any atom is 0.162 e. The molecule has 6 aromatic carbocycles. The Morgan fingerprint density at radius 3 is 1.12 bits per heavy atom. The van der Waals surface area contributed by atoms with Gasteiger partial charge in [0.2, 0.25) is 0 Å². The average Bonchev–Trinajstić information content (AvgIpc) is 3.25. The number of anilines is 6. The molecule has 0 N–H and O–H groups in total. The molecule has 0 saturated heterocycles. The molecule has 2 aliphatic heterocycles. The summed E-state index contributed by atoms with van der Waals surface area (Å²) in [6.07, 6.45) is 6.71. The summed E-state index contributed by atoms with van der Waals surface area (Å²) in [7, 11) is 0. The van der Waals surface area contributed by atoms with Crippen LogP contribution in [-0.2, 0) is 10.8 Å². The molecule has 8 aromatic rings. The quantitative estimate of drug-likeness (QED) is 0.175. The second-order valence-corrected chi connectivity index (χ2v) is 15.5. The number of nitrogens with zero attached hydrogens (tertiary/aromatic N) is 7. The van der Waals surface area contributed by atoms with Crippen molar-refractivity contribution in [3.05, 3.63) is 187 Å². The molecule has 0 bridgehead atoms. The second kappa shape index (κ2) is 12.8. The standard InChI is InChI=1S/C49H39N7/c1-48(2)36-14-5-9-18-40(36)55(41-19-10-6-15-37(41)48)44-28-32(46-51-26-13-27-52-46)22-24-34(44)35-25-23-33(47-53-30-50-31-54-47)29-45(35)56-42-20-11-7-16-38(42)49(3,4)39-17-8-12-21-43(39)56/h5-31H,1-4H3. The predicted octanol–water partition coefficient (Wildman–Crippen LogP) is 11.9. The normalized spacial score (nSPS) is 14.6. The Balaban J connectivity index is 1.30. The first-order valence-electron chi connectivity index (χ1n) is 19.0. The van der Waals surface area contributed by atoms with Gasteiger partial charge in [-0.15, -0.1) is 0 Å². The van der Waals surface area contributed by atoms with Gasteiger partial charge in [0.25, 0.3) is 0 Å². The lowest BCUT2D eigenvalue weighted by atomic mass is 9.73. The number of benzene rings is 6. The van der Waals surface area contributed by atoms with Gasteiger partial charge in [-0.25, -0.2) is 24.9 Å². The van der Waals surface area contributed by atoms with E-state index in [1.165, 1.54) is 22.3 Å². The minimum Gasteiger partial charge on any atom is -0.309 e. The predicted molar refractivity (Wildman–Crippen MR) is 225 cm³/mol. The summed E-state index contributed by atoms with van der Waals surface area (Å²) in [6, 6.07) is 50.2. The second-order valence-electron chi connectivity index (χ2n) is 15.5. The molecule has 56 heavy (non-hydrogen) atoms. The fourth-order valence-corrected chi connectivity index (χ4v) is 8.86. The van der Waals surface area contributed by atoms with Crippen molar-refractivity contribution >= 4 is 34.1 Å². The Morgan fingerprint density at radius 2 is 0.732 bits per heavy atom. The van der Waals surface area contributed by atoms with Crippen molar-refractivity contribution in [1.29, 1.82) is 0 Å². The van der Waals surface area contributed by atoms with Gasteiger partial charge in [-0.1, -0.05) is 125 Å². The summed E-state index contributed by atoms with van der Waals surface area (Å²) in [5.74, 6) is 1.29. The van der Waals surface area contributed by atoms with E-state index < -0.39 is 0 Å². The van der Waals surface area contributed by atoms with Gasteiger partial charge in [-0.3, -0.25) is 0 Å². The first kappa shape index (κ1) is 33.6. The molecule has 270 valence electrons. The van der Waals surface area contributed by atoms with E-state index in [0.29, 0.717) is 11.6 Å². The van der Waals surface area contributed by atoms with Crippen molar-refractivity contribution < 1.29 is 0 Å². The monoisotopic (exact) mass is 725 g/mol. The summed E-state index contributed by atoms with van der Waals surface area (Å²) < 4.78 is 0. The zero-order valence-corrected chi connectivity index (χ0v) is 31.7. The van der Waals surface area contributed by atoms with E-state index in [0.717, 1.165) is 56.4 Å². The van der Waals surface area contributed by atoms with E-state index >= 15 is 0 Å². The van der Waals surface area contributed by atoms with Crippen molar-refractivity contribution in [3.63, 3.8) is 0 Å². The van der Waals surface area contributed by atoms with Crippen LogP contribution < -0.4 is 9.80 Å². The molecular formula is C49H39N7. The van der Waals surface area contributed by atoms with Crippen LogP contribution in [0.3, 0.4) is 0 Å². The molecule has 0 spiro atoms. The van der Waals surface area contributed by atoms with Crippen molar-refractivity contribution in [2.45, 2.75) is 38.5 Å². The lowest BCUT2D eigenvalue weighted by Crippen LogP contribution is -2.31. The van der Waals surface area contributed by atoms with Gasteiger partial charge in [0.1, 0.15) is 12.7 Å². The molecule has 0 atom stereocenters. The fourth-order valence-electron chi connectivity index (χ4n) is 8.86. The minimum atomic E-state index is -0.216. The van der Waals surface area contributed by atoms with Crippen LogP contribution in [-0.4, -0.2) is 24.9 Å². The van der Waals surface area contributed by atoms with Gasteiger partial charge in [0, 0.05) is 45.5 Å². The highest BCUT2D eigenvalue weighted by atomic mass is 15.2. The van der Waals surface area contributed by atoms with Crippen LogP contribution in [0, 0.1) is 0 Å². The van der Waals surface area contributed by atoms with Gasteiger partial charge >= 0.3 is 0 Å². The van der Waals surface area contributed by atoms with Crippen molar-refractivity contribution in [2.75, 3.05) is 9.80 Å². The van der Waals surface area contributed by atoms with E-state index in [1.54, 1.807) is 25.0 Å². The minimum absolute atomic E-state index is 0.213. The molecule has 2 aliphatic rings. The Bertz CT molecular complexity index is 2490. The summed E-state index contributed by atoms with van der Waals surface area (Å²) in [5, 5.41) is 0. The van der Waals surface area contributed by atoms with Gasteiger partial charge in [-0.2, -0.15) is 0 Å². The highest BCUT2D eigenvalue weighted by Crippen LogP contribution is 2.57. The number of aromatic nitrogens is 5. The largest absolute Gasteiger partial charge is 0.309 e. The van der Waals surface area contributed by atoms with Gasteiger partial charge < -0.3 is 9.80 Å². The molecule has 2 aromatic heterocycles. The molecule has 0 radical (unpaired) electrons. The zero-order valence-electron chi connectivity index (χ0n) is 31.7.